The van der Waals surface area contributed by atoms with Gasteiger partial charge in [-0.3, -0.25) is 0 Å². The minimum absolute atomic E-state index is 0.153. The van der Waals surface area contributed by atoms with Crippen LogP contribution in [0.1, 0.15) is 26.3 Å². The number of rotatable bonds is 3. The van der Waals surface area contributed by atoms with E-state index in [2.05, 4.69) is 0 Å². The number of ether oxygens (including phenoxy) is 2. The molecule has 0 spiro atoms. The van der Waals surface area contributed by atoms with E-state index in [1.807, 2.05) is 63.3 Å². The zero-order valence-corrected chi connectivity index (χ0v) is 10.9. The van der Waals surface area contributed by atoms with Gasteiger partial charge in [0, 0.05) is 0 Å². The highest BCUT2D eigenvalue weighted by molar-refractivity contribution is 5.79. The first-order valence-electron chi connectivity index (χ1n) is 6.07. The molecule has 96 valence electrons. The molecule has 1 saturated heterocycles. The van der Waals surface area contributed by atoms with Crippen LogP contribution in [0.15, 0.2) is 36.4 Å². The second-order valence-corrected chi connectivity index (χ2v) is 5.32. The molecular formula is C15H18O3. The Hall–Kier alpha value is -1.61. The molecule has 1 aliphatic rings. The van der Waals surface area contributed by atoms with Crippen LogP contribution in [0.25, 0.3) is 6.08 Å². The van der Waals surface area contributed by atoms with E-state index in [0.29, 0.717) is 0 Å². The lowest BCUT2D eigenvalue weighted by Crippen LogP contribution is -2.27. The zero-order chi connectivity index (χ0) is 13.2. The van der Waals surface area contributed by atoms with E-state index >= 15 is 0 Å². The number of benzene rings is 1. The van der Waals surface area contributed by atoms with Crippen LogP contribution in [0.5, 0.6) is 0 Å². The molecule has 0 N–H and O–H groups in total. The summed E-state index contributed by atoms with van der Waals surface area (Å²) in [6, 6.07) is 9.91. The van der Waals surface area contributed by atoms with E-state index in [0.717, 1.165) is 5.56 Å². The third kappa shape index (κ3) is 3.70. The lowest BCUT2D eigenvalue weighted by Gasteiger charge is -2.18. The van der Waals surface area contributed by atoms with Crippen molar-refractivity contribution < 1.29 is 14.3 Å². The summed E-state index contributed by atoms with van der Waals surface area (Å²) in [5.74, 6) is -0.287. The molecule has 0 aromatic heterocycles. The Morgan fingerprint density at radius 1 is 1.28 bits per heavy atom. The average Bonchev–Trinajstić information content (AvgIpc) is 3.05. The summed E-state index contributed by atoms with van der Waals surface area (Å²) in [5.41, 5.74) is 0.632. The zero-order valence-electron chi connectivity index (χ0n) is 10.9. The monoisotopic (exact) mass is 246 g/mol. The number of hydrogen-bond acceptors (Lipinski definition) is 3. The Labute approximate surface area is 107 Å². The Bertz CT molecular complexity index is 443. The highest BCUT2D eigenvalue weighted by Crippen LogP contribution is 2.27. The van der Waals surface area contributed by atoms with E-state index in [-0.39, 0.29) is 12.1 Å². The van der Waals surface area contributed by atoms with Crippen LogP contribution in [0.3, 0.4) is 0 Å². The molecule has 0 bridgehead atoms. The van der Waals surface area contributed by atoms with Crippen molar-refractivity contribution in [2.45, 2.75) is 38.6 Å². The lowest BCUT2D eigenvalue weighted by atomic mass is 10.1. The molecular weight excluding hydrogens is 228 g/mol. The summed E-state index contributed by atoms with van der Waals surface area (Å²) in [7, 11) is 0. The minimum Gasteiger partial charge on any atom is -0.458 e. The summed E-state index contributed by atoms with van der Waals surface area (Å²) < 4.78 is 10.5. The summed E-state index contributed by atoms with van der Waals surface area (Å²) in [4.78, 5) is 11.7. The average molecular weight is 246 g/mol. The standard InChI is InChI=1S/C15H18O3/c1-15(2,3)18-14(16)13-12(17-13)10-9-11-7-5-4-6-8-11/h4-10,12-13H,1-3H3/b10-9+/t12-,13+/m1/s1. The third-order valence-electron chi connectivity index (χ3n) is 2.44. The molecule has 0 radical (unpaired) electrons. The molecule has 1 fully saturated rings. The normalized spacial score (nSPS) is 23.1. The van der Waals surface area contributed by atoms with Gasteiger partial charge in [-0.1, -0.05) is 42.5 Å². The Kier molecular flexibility index (Phi) is 3.53. The number of carbonyl (C=O) groups is 1. The molecule has 0 amide bonds. The summed E-state index contributed by atoms with van der Waals surface area (Å²) >= 11 is 0. The van der Waals surface area contributed by atoms with Gasteiger partial charge in [0.15, 0.2) is 6.10 Å². The van der Waals surface area contributed by atoms with Gasteiger partial charge in [-0.05, 0) is 26.3 Å². The topological polar surface area (TPSA) is 38.8 Å². The fraction of sp³-hybridized carbons (Fsp3) is 0.400. The minimum atomic E-state index is -0.462. The van der Waals surface area contributed by atoms with Gasteiger partial charge in [-0.15, -0.1) is 0 Å². The van der Waals surface area contributed by atoms with Crippen molar-refractivity contribution in [1.82, 2.24) is 0 Å². The van der Waals surface area contributed by atoms with Gasteiger partial charge in [0.1, 0.15) is 11.7 Å². The molecule has 0 aliphatic carbocycles. The van der Waals surface area contributed by atoms with Gasteiger partial charge in [-0.2, -0.15) is 0 Å². The first kappa shape index (κ1) is 12.8. The van der Waals surface area contributed by atoms with E-state index in [1.165, 1.54) is 0 Å². The number of epoxide rings is 1. The van der Waals surface area contributed by atoms with Gasteiger partial charge in [0.2, 0.25) is 0 Å². The summed E-state index contributed by atoms with van der Waals surface area (Å²) in [6.45, 7) is 5.55. The lowest BCUT2D eigenvalue weighted by molar-refractivity contribution is -0.156. The summed E-state index contributed by atoms with van der Waals surface area (Å²) in [5, 5.41) is 0. The largest absolute Gasteiger partial charge is 0.458 e. The predicted octanol–water partition coefficient (Wildman–Crippen LogP) is 2.81. The number of carbonyl (C=O) groups excluding carboxylic acids is 1. The van der Waals surface area contributed by atoms with Crippen LogP contribution in [0, 0.1) is 0 Å². The van der Waals surface area contributed by atoms with Crippen LogP contribution < -0.4 is 0 Å². The summed E-state index contributed by atoms with van der Waals surface area (Å²) in [6.07, 6.45) is 3.25. The van der Waals surface area contributed by atoms with Crippen LogP contribution in [0.2, 0.25) is 0 Å². The number of hydrogen-bond donors (Lipinski definition) is 0. The van der Waals surface area contributed by atoms with Crippen LogP contribution in [-0.2, 0) is 14.3 Å². The molecule has 1 aliphatic heterocycles. The molecule has 0 saturated carbocycles. The Morgan fingerprint density at radius 3 is 2.56 bits per heavy atom. The predicted molar refractivity (Wildman–Crippen MR) is 70.0 cm³/mol. The van der Waals surface area contributed by atoms with Crippen molar-refractivity contribution >= 4 is 12.0 Å². The molecule has 2 rings (SSSR count). The van der Waals surface area contributed by atoms with Crippen molar-refractivity contribution in [2.24, 2.45) is 0 Å². The van der Waals surface area contributed by atoms with Gasteiger partial charge >= 0.3 is 5.97 Å². The molecule has 3 heteroatoms. The van der Waals surface area contributed by atoms with Crippen LogP contribution in [-0.4, -0.2) is 23.8 Å². The van der Waals surface area contributed by atoms with E-state index in [9.17, 15) is 4.79 Å². The first-order chi connectivity index (χ1) is 8.46. The first-order valence-corrected chi connectivity index (χ1v) is 6.07. The van der Waals surface area contributed by atoms with Crippen molar-refractivity contribution in [3.8, 4) is 0 Å². The van der Waals surface area contributed by atoms with E-state index in [4.69, 9.17) is 9.47 Å². The third-order valence-corrected chi connectivity index (χ3v) is 2.44. The maximum Gasteiger partial charge on any atom is 0.338 e. The van der Waals surface area contributed by atoms with Gasteiger partial charge in [0.05, 0.1) is 0 Å². The molecule has 1 aromatic rings. The fourth-order valence-corrected chi connectivity index (χ4v) is 1.59. The molecule has 1 heterocycles. The fourth-order valence-electron chi connectivity index (χ4n) is 1.59. The van der Waals surface area contributed by atoms with Crippen molar-refractivity contribution in [3.63, 3.8) is 0 Å². The molecule has 1 aromatic carbocycles. The number of esters is 1. The smallest absolute Gasteiger partial charge is 0.338 e. The molecule has 2 atom stereocenters. The molecule has 18 heavy (non-hydrogen) atoms. The van der Waals surface area contributed by atoms with E-state index in [1.54, 1.807) is 0 Å². The second kappa shape index (κ2) is 4.94. The molecule has 0 unspecified atom stereocenters. The van der Waals surface area contributed by atoms with Crippen LogP contribution in [0.4, 0.5) is 0 Å². The van der Waals surface area contributed by atoms with Crippen molar-refractivity contribution in [1.29, 1.82) is 0 Å². The SMILES string of the molecule is CC(C)(C)OC(=O)[C@H]1O[C@@H]1/C=C/c1ccccc1. The highest BCUT2D eigenvalue weighted by Gasteiger charge is 2.45. The van der Waals surface area contributed by atoms with Gasteiger partial charge in [0.25, 0.3) is 0 Å². The Morgan fingerprint density at radius 2 is 1.94 bits per heavy atom. The Balaban J connectivity index is 1.85. The maximum absolute atomic E-state index is 11.7. The molecule has 3 nitrogen and oxygen atoms in total. The van der Waals surface area contributed by atoms with Crippen LogP contribution >= 0.6 is 0 Å². The van der Waals surface area contributed by atoms with Crippen molar-refractivity contribution in [2.75, 3.05) is 0 Å². The van der Waals surface area contributed by atoms with Crippen molar-refractivity contribution in [3.05, 3.63) is 42.0 Å². The van der Waals surface area contributed by atoms with Gasteiger partial charge in [-0.25, -0.2) is 4.79 Å². The second-order valence-electron chi connectivity index (χ2n) is 5.32. The quantitative estimate of drug-likeness (QED) is 0.608. The van der Waals surface area contributed by atoms with E-state index < -0.39 is 11.7 Å². The highest BCUT2D eigenvalue weighted by atomic mass is 16.6. The maximum atomic E-state index is 11.7. The van der Waals surface area contributed by atoms with Gasteiger partial charge < -0.3 is 9.47 Å².